The third-order valence-electron chi connectivity index (χ3n) is 2.64. The van der Waals surface area contributed by atoms with Gasteiger partial charge in [0.2, 0.25) is 0 Å². The normalized spacial score (nSPS) is 9.58. The standard InChI is InChI=1S/C9H10O2S.C8H10.2C2H6/c1-2-8-12(10,11)9-6-4-3-5-7-9;1-2-8-6-4-3-5-7-8;2*1-2/h2-8H,1H3;3-7H,2H2,1H3;2*1-2H3/b8-2+;;;. The Balaban J connectivity index is 0. The summed E-state index contributed by atoms with van der Waals surface area (Å²) in [5.74, 6) is 0. The summed E-state index contributed by atoms with van der Waals surface area (Å²) in [6.45, 7) is 11.8. The molecule has 2 rings (SSSR count). The summed E-state index contributed by atoms with van der Waals surface area (Å²) in [5.41, 5.74) is 1.41. The fourth-order valence-electron chi connectivity index (χ4n) is 1.58. The largest absolute Gasteiger partial charge is 0.219 e. The second kappa shape index (κ2) is 16.0. The van der Waals surface area contributed by atoms with Crippen LogP contribution in [0.1, 0.15) is 47.1 Å². The highest BCUT2D eigenvalue weighted by Crippen LogP contribution is 2.10. The number of hydrogen-bond acceptors (Lipinski definition) is 2. The van der Waals surface area contributed by atoms with Crippen LogP contribution >= 0.6 is 0 Å². The molecule has 134 valence electrons. The summed E-state index contributed by atoms with van der Waals surface area (Å²) in [7, 11) is -3.19. The van der Waals surface area contributed by atoms with E-state index in [1.54, 1.807) is 37.3 Å². The Bertz CT molecular complexity index is 615. The van der Waals surface area contributed by atoms with Gasteiger partial charge in [-0.3, -0.25) is 0 Å². The van der Waals surface area contributed by atoms with Gasteiger partial charge in [0, 0.05) is 5.41 Å². The molecular weight excluding hydrogens is 316 g/mol. The smallest absolute Gasteiger partial charge is 0.199 e. The molecule has 0 bridgehead atoms. The van der Waals surface area contributed by atoms with E-state index in [0.29, 0.717) is 4.90 Å². The summed E-state index contributed by atoms with van der Waals surface area (Å²) in [4.78, 5) is 0.336. The number of sulfone groups is 1. The van der Waals surface area contributed by atoms with Gasteiger partial charge in [0.1, 0.15) is 0 Å². The molecule has 24 heavy (non-hydrogen) atoms. The van der Waals surface area contributed by atoms with Crippen LogP contribution in [0.5, 0.6) is 0 Å². The van der Waals surface area contributed by atoms with E-state index in [0.717, 1.165) is 6.42 Å². The fraction of sp³-hybridized carbons (Fsp3) is 0.333. The molecule has 0 radical (unpaired) electrons. The molecule has 0 unspecified atom stereocenters. The highest BCUT2D eigenvalue weighted by molar-refractivity contribution is 7.94. The third kappa shape index (κ3) is 10.8. The first-order chi connectivity index (χ1) is 11.6. The van der Waals surface area contributed by atoms with Crippen molar-refractivity contribution in [3.8, 4) is 0 Å². The molecule has 0 aliphatic rings. The average molecular weight is 349 g/mol. The summed E-state index contributed by atoms with van der Waals surface area (Å²) in [6.07, 6.45) is 2.66. The van der Waals surface area contributed by atoms with Gasteiger partial charge in [-0.2, -0.15) is 0 Å². The summed E-state index contributed by atoms with van der Waals surface area (Å²) in [6, 6.07) is 18.8. The van der Waals surface area contributed by atoms with Crippen molar-refractivity contribution in [3.63, 3.8) is 0 Å². The molecule has 0 saturated heterocycles. The Kier molecular flexibility index (Phi) is 16.3. The lowest BCUT2D eigenvalue weighted by molar-refractivity contribution is 0.604. The zero-order valence-electron chi connectivity index (χ0n) is 15.9. The van der Waals surface area contributed by atoms with Crippen LogP contribution in [0.2, 0.25) is 0 Å². The van der Waals surface area contributed by atoms with Gasteiger partial charge in [0.15, 0.2) is 9.84 Å². The van der Waals surface area contributed by atoms with Gasteiger partial charge in [-0.05, 0) is 31.0 Å². The van der Waals surface area contributed by atoms with E-state index in [4.69, 9.17) is 0 Å². The van der Waals surface area contributed by atoms with Crippen LogP contribution in [0, 0.1) is 0 Å². The van der Waals surface area contributed by atoms with Gasteiger partial charge >= 0.3 is 0 Å². The quantitative estimate of drug-likeness (QED) is 0.652. The summed E-state index contributed by atoms with van der Waals surface area (Å²) in [5, 5.41) is 1.20. The van der Waals surface area contributed by atoms with Gasteiger partial charge in [-0.1, -0.05) is 89.2 Å². The molecule has 0 fully saturated rings. The zero-order valence-corrected chi connectivity index (χ0v) is 16.7. The molecule has 0 saturated carbocycles. The minimum absolute atomic E-state index is 0.336. The minimum Gasteiger partial charge on any atom is -0.219 e. The van der Waals surface area contributed by atoms with E-state index < -0.39 is 9.84 Å². The van der Waals surface area contributed by atoms with Crippen molar-refractivity contribution >= 4 is 9.84 Å². The van der Waals surface area contributed by atoms with Crippen LogP contribution in [-0.4, -0.2) is 8.42 Å². The Labute approximate surface area is 149 Å². The van der Waals surface area contributed by atoms with Gasteiger partial charge in [-0.15, -0.1) is 0 Å². The molecule has 2 aromatic rings. The third-order valence-corrected chi connectivity index (χ3v) is 4.20. The SMILES string of the molecule is C/C=C/S(=O)(=O)c1ccccc1.CC.CC.CCc1ccccc1. The molecule has 3 heteroatoms. The van der Waals surface area contributed by atoms with Crippen LogP contribution in [0.15, 0.2) is 77.0 Å². The topological polar surface area (TPSA) is 34.1 Å². The Hall–Kier alpha value is -1.87. The predicted octanol–water partition coefficient (Wildman–Crippen LogP) is 6.30. The van der Waals surface area contributed by atoms with Gasteiger partial charge in [-0.25, -0.2) is 8.42 Å². The minimum atomic E-state index is -3.19. The second-order valence-electron chi connectivity index (χ2n) is 4.17. The predicted molar refractivity (Wildman–Crippen MR) is 107 cm³/mol. The maximum absolute atomic E-state index is 11.3. The molecule has 0 heterocycles. The van der Waals surface area contributed by atoms with Crippen molar-refractivity contribution in [2.75, 3.05) is 0 Å². The Morgan fingerprint density at radius 2 is 1.21 bits per heavy atom. The molecule has 0 aromatic heterocycles. The molecule has 2 nitrogen and oxygen atoms in total. The lowest BCUT2D eigenvalue weighted by Crippen LogP contribution is -1.94. The number of benzene rings is 2. The van der Waals surface area contributed by atoms with Gasteiger partial charge in [0.05, 0.1) is 4.90 Å². The molecule has 0 atom stereocenters. The van der Waals surface area contributed by atoms with E-state index in [9.17, 15) is 8.42 Å². The highest BCUT2D eigenvalue weighted by atomic mass is 32.2. The maximum Gasteiger partial charge on any atom is 0.199 e. The Morgan fingerprint density at radius 1 is 0.792 bits per heavy atom. The van der Waals surface area contributed by atoms with Crippen LogP contribution in [-0.2, 0) is 16.3 Å². The monoisotopic (exact) mass is 348 g/mol. The van der Waals surface area contributed by atoms with Gasteiger partial charge in [0.25, 0.3) is 0 Å². The molecule has 0 aliphatic carbocycles. The van der Waals surface area contributed by atoms with E-state index in [1.807, 2.05) is 33.8 Å². The highest BCUT2D eigenvalue weighted by Gasteiger charge is 2.07. The van der Waals surface area contributed by atoms with E-state index in [-0.39, 0.29) is 0 Å². The van der Waals surface area contributed by atoms with E-state index >= 15 is 0 Å². The second-order valence-corrected chi connectivity index (χ2v) is 6.00. The fourth-order valence-corrected chi connectivity index (χ4v) is 2.63. The first kappa shape index (κ1) is 24.4. The molecular formula is C21H32O2S. The molecule has 2 aromatic carbocycles. The summed E-state index contributed by atoms with van der Waals surface area (Å²) >= 11 is 0. The van der Waals surface area contributed by atoms with Crippen molar-refractivity contribution in [1.29, 1.82) is 0 Å². The van der Waals surface area contributed by atoms with Crippen molar-refractivity contribution in [1.82, 2.24) is 0 Å². The van der Waals surface area contributed by atoms with Crippen molar-refractivity contribution in [3.05, 3.63) is 77.7 Å². The molecule has 0 N–H and O–H groups in total. The average Bonchev–Trinajstić information content (AvgIpc) is 2.67. The van der Waals surface area contributed by atoms with Gasteiger partial charge < -0.3 is 0 Å². The molecule has 0 aliphatic heterocycles. The van der Waals surface area contributed by atoms with Crippen molar-refractivity contribution in [2.45, 2.75) is 52.9 Å². The number of rotatable bonds is 3. The number of allylic oxidation sites excluding steroid dienone is 1. The van der Waals surface area contributed by atoms with E-state index in [2.05, 4.69) is 31.2 Å². The number of aryl methyl sites for hydroxylation is 1. The lowest BCUT2D eigenvalue weighted by atomic mass is 10.2. The van der Waals surface area contributed by atoms with Crippen LogP contribution in [0.25, 0.3) is 0 Å². The Morgan fingerprint density at radius 3 is 1.54 bits per heavy atom. The van der Waals surface area contributed by atoms with Crippen molar-refractivity contribution in [2.24, 2.45) is 0 Å². The van der Waals surface area contributed by atoms with Crippen molar-refractivity contribution < 1.29 is 8.42 Å². The zero-order chi connectivity index (χ0) is 18.8. The first-order valence-electron chi connectivity index (χ1n) is 8.57. The lowest BCUT2D eigenvalue weighted by Gasteiger charge is -1.95. The van der Waals surface area contributed by atoms with Crippen LogP contribution in [0.3, 0.4) is 0 Å². The van der Waals surface area contributed by atoms with Crippen LogP contribution in [0.4, 0.5) is 0 Å². The molecule has 0 spiro atoms. The number of hydrogen-bond donors (Lipinski definition) is 0. The summed E-state index contributed by atoms with van der Waals surface area (Å²) < 4.78 is 22.7. The first-order valence-corrected chi connectivity index (χ1v) is 10.1. The maximum atomic E-state index is 11.3. The van der Waals surface area contributed by atoms with Crippen LogP contribution < -0.4 is 0 Å². The molecule has 0 amide bonds. The van der Waals surface area contributed by atoms with E-state index in [1.165, 1.54) is 17.0 Å².